The van der Waals surface area contributed by atoms with Gasteiger partial charge in [0.05, 0.1) is 17.6 Å². The SMILES string of the molecule is C[C@H](c1cccs1)N(C)c1ncnc2c1cnn2C. The van der Waals surface area contributed by atoms with Gasteiger partial charge in [-0.1, -0.05) is 6.07 Å². The summed E-state index contributed by atoms with van der Waals surface area (Å²) in [5.41, 5.74) is 0.857. The largest absolute Gasteiger partial charge is 0.351 e. The van der Waals surface area contributed by atoms with Crippen LogP contribution in [0, 0.1) is 0 Å². The highest BCUT2D eigenvalue weighted by Crippen LogP contribution is 2.30. The van der Waals surface area contributed by atoms with E-state index in [0.29, 0.717) is 0 Å². The lowest BCUT2D eigenvalue weighted by Gasteiger charge is -2.25. The molecule has 0 spiro atoms. The van der Waals surface area contributed by atoms with E-state index in [2.05, 4.69) is 51.5 Å². The van der Waals surface area contributed by atoms with Crippen LogP contribution in [0.15, 0.2) is 30.0 Å². The fourth-order valence-electron chi connectivity index (χ4n) is 2.13. The third kappa shape index (κ3) is 1.98. The van der Waals surface area contributed by atoms with Crippen molar-refractivity contribution in [3.05, 3.63) is 34.9 Å². The Morgan fingerprint density at radius 3 is 2.95 bits per heavy atom. The molecule has 5 nitrogen and oxygen atoms in total. The summed E-state index contributed by atoms with van der Waals surface area (Å²) >= 11 is 1.76. The number of aryl methyl sites for hydroxylation is 1. The van der Waals surface area contributed by atoms with Gasteiger partial charge in [-0.25, -0.2) is 9.97 Å². The number of hydrogen-bond acceptors (Lipinski definition) is 5. The summed E-state index contributed by atoms with van der Waals surface area (Å²) in [7, 11) is 3.95. The average molecular weight is 273 g/mol. The van der Waals surface area contributed by atoms with E-state index in [9.17, 15) is 0 Å². The van der Waals surface area contributed by atoms with E-state index in [4.69, 9.17) is 0 Å². The molecule has 0 fully saturated rings. The number of rotatable bonds is 3. The molecule has 0 radical (unpaired) electrons. The molecular formula is C13H15N5S. The molecule has 0 bridgehead atoms. The van der Waals surface area contributed by atoms with Crippen LogP contribution >= 0.6 is 11.3 Å². The molecule has 19 heavy (non-hydrogen) atoms. The average Bonchev–Trinajstić information content (AvgIpc) is 3.07. The molecule has 6 heteroatoms. The van der Waals surface area contributed by atoms with Crippen molar-refractivity contribution < 1.29 is 0 Å². The van der Waals surface area contributed by atoms with E-state index in [0.717, 1.165) is 16.9 Å². The van der Waals surface area contributed by atoms with E-state index >= 15 is 0 Å². The fourth-order valence-corrected chi connectivity index (χ4v) is 2.96. The van der Waals surface area contributed by atoms with Gasteiger partial charge in [-0.3, -0.25) is 4.68 Å². The Hall–Kier alpha value is -1.95. The molecule has 0 aliphatic heterocycles. The predicted molar refractivity (Wildman–Crippen MR) is 77.4 cm³/mol. The van der Waals surface area contributed by atoms with E-state index in [-0.39, 0.29) is 6.04 Å². The first-order valence-corrected chi connectivity index (χ1v) is 6.95. The molecule has 0 amide bonds. The van der Waals surface area contributed by atoms with E-state index < -0.39 is 0 Å². The first kappa shape index (κ1) is 12.1. The van der Waals surface area contributed by atoms with Crippen molar-refractivity contribution in [3.63, 3.8) is 0 Å². The summed E-state index contributed by atoms with van der Waals surface area (Å²) in [6.45, 7) is 2.18. The van der Waals surface area contributed by atoms with Gasteiger partial charge in [0.2, 0.25) is 0 Å². The van der Waals surface area contributed by atoms with Crippen molar-refractivity contribution in [3.8, 4) is 0 Å². The summed E-state index contributed by atoms with van der Waals surface area (Å²) in [4.78, 5) is 12.2. The van der Waals surface area contributed by atoms with E-state index in [1.807, 2.05) is 13.2 Å². The van der Waals surface area contributed by atoms with E-state index in [1.165, 1.54) is 4.88 Å². The maximum absolute atomic E-state index is 4.42. The standard InChI is InChI=1S/C13H15N5S/c1-9(11-5-4-6-19-11)17(2)12-10-7-16-18(3)13(10)15-8-14-12/h4-9H,1-3H3/t9-/m1/s1. The minimum atomic E-state index is 0.276. The van der Waals surface area contributed by atoms with Gasteiger partial charge in [-0.2, -0.15) is 5.10 Å². The van der Waals surface area contributed by atoms with Crippen molar-refractivity contribution in [2.24, 2.45) is 7.05 Å². The monoisotopic (exact) mass is 273 g/mol. The third-order valence-electron chi connectivity index (χ3n) is 3.38. The highest BCUT2D eigenvalue weighted by Gasteiger charge is 2.18. The third-order valence-corrected chi connectivity index (χ3v) is 4.42. The molecule has 3 rings (SSSR count). The van der Waals surface area contributed by atoms with Crippen molar-refractivity contribution in [2.45, 2.75) is 13.0 Å². The normalized spacial score (nSPS) is 12.8. The van der Waals surface area contributed by atoms with Gasteiger partial charge >= 0.3 is 0 Å². The maximum atomic E-state index is 4.42. The van der Waals surface area contributed by atoms with Crippen LogP contribution in [0.4, 0.5) is 5.82 Å². The molecule has 0 saturated carbocycles. The Kier molecular flexibility index (Phi) is 2.94. The zero-order valence-electron chi connectivity index (χ0n) is 11.1. The van der Waals surface area contributed by atoms with Crippen LogP contribution in [0.5, 0.6) is 0 Å². The van der Waals surface area contributed by atoms with Crippen LogP contribution in [0.25, 0.3) is 11.0 Å². The highest BCUT2D eigenvalue weighted by atomic mass is 32.1. The molecular weight excluding hydrogens is 258 g/mol. The topological polar surface area (TPSA) is 46.8 Å². The van der Waals surface area contributed by atoms with Crippen LogP contribution in [-0.4, -0.2) is 26.8 Å². The van der Waals surface area contributed by atoms with Crippen LogP contribution in [0.3, 0.4) is 0 Å². The number of hydrogen-bond donors (Lipinski definition) is 0. The first-order chi connectivity index (χ1) is 9.18. The van der Waals surface area contributed by atoms with Crippen molar-refractivity contribution in [1.82, 2.24) is 19.7 Å². The molecule has 3 aromatic heterocycles. The van der Waals surface area contributed by atoms with Crippen LogP contribution in [0.1, 0.15) is 17.8 Å². The Labute approximate surface area is 115 Å². The molecule has 0 N–H and O–H groups in total. The molecule has 0 aromatic carbocycles. The number of thiophene rings is 1. The van der Waals surface area contributed by atoms with Gasteiger partial charge in [0.25, 0.3) is 0 Å². The van der Waals surface area contributed by atoms with Gasteiger partial charge in [0, 0.05) is 19.0 Å². The van der Waals surface area contributed by atoms with Crippen LogP contribution in [-0.2, 0) is 7.05 Å². The maximum Gasteiger partial charge on any atom is 0.163 e. The summed E-state index contributed by atoms with van der Waals surface area (Å²) in [6.07, 6.45) is 3.42. The number of nitrogens with zero attached hydrogens (tertiary/aromatic N) is 5. The smallest absolute Gasteiger partial charge is 0.163 e. The Morgan fingerprint density at radius 2 is 2.21 bits per heavy atom. The first-order valence-electron chi connectivity index (χ1n) is 6.07. The quantitative estimate of drug-likeness (QED) is 0.736. The zero-order chi connectivity index (χ0) is 13.4. The van der Waals surface area contributed by atoms with Gasteiger partial charge in [-0.15, -0.1) is 11.3 Å². The number of aromatic nitrogens is 4. The second-order valence-corrected chi connectivity index (χ2v) is 5.48. The Morgan fingerprint density at radius 1 is 1.37 bits per heavy atom. The predicted octanol–water partition coefficient (Wildman–Crippen LogP) is 2.62. The second-order valence-electron chi connectivity index (χ2n) is 4.51. The Balaban J connectivity index is 2.04. The Bertz CT molecular complexity index is 688. The molecule has 0 unspecified atom stereocenters. The minimum absolute atomic E-state index is 0.276. The number of anilines is 1. The van der Waals surface area contributed by atoms with Gasteiger partial charge in [-0.05, 0) is 18.4 Å². The summed E-state index contributed by atoms with van der Waals surface area (Å²) < 4.78 is 1.77. The van der Waals surface area contributed by atoms with Gasteiger partial charge in [0.1, 0.15) is 12.1 Å². The molecule has 0 aliphatic rings. The van der Waals surface area contributed by atoms with Crippen molar-refractivity contribution in [1.29, 1.82) is 0 Å². The molecule has 3 aromatic rings. The minimum Gasteiger partial charge on any atom is -0.351 e. The summed E-state index contributed by atoms with van der Waals surface area (Å²) in [5, 5.41) is 7.33. The van der Waals surface area contributed by atoms with Crippen molar-refractivity contribution >= 4 is 28.2 Å². The van der Waals surface area contributed by atoms with E-state index in [1.54, 1.807) is 22.3 Å². The fraction of sp³-hybridized carbons (Fsp3) is 0.308. The van der Waals surface area contributed by atoms with Crippen molar-refractivity contribution in [2.75, 3.05) is 11.9 Å². The van der Waals surface area contributed by atoms with Gasteiger partial charge < -0.3 is 4.90 Å². The van der Waals surface area contributed by atoms with Gasteiger partial charge in [0.15, 0.2) is 5.65 Å². The molecule has 1 atom stereocenters. The molecule has 0 saturated heterocycles. The second kappa shape index (κ2) is 4.62. The van der Waals surface area contributed by atoms with Crippen LogP contribution in [0.2, 0.25) is 0 Å². The lowest BCUT2D eigenvalue weighted by atomic mass is 10.2. The summed E-state index contributed by atoms with van der Waals surface area (Å²) in [5.74, 6) is 0.916. The molecule has 0 aliphatic carbocycles. The van der Waals surface area contributed by atoms with Crippen LogP contribution < -0.4 is 4.90 Å². The lowest BCUT2D eigenvalue weighted by molar-refractivity contribution is 0.743. The molecule has 3 heterocycles. The highest BCUT2D eigenvalue weighted by molar-refractivity contribution is 7.10. The lowest BCUT2D eigenvalue weighted by Crippen LogP contribution is -2.22. The zero-order valence-corrected chi connectivity index (χ0v) is 11.9. The summed E-state index contributed by atoms with van der Waals surface area (Å²) in [6, 6.07) is 4.50. The number of fused-ring (bicyclic) bond motifs is 1. The molecule has 98 valence electrons.